The number of hydrogen-bond donors (Lipinski definition) is 0. The molecule has 0 bridgehead atoms. The predicted octanol–water partition coefficient (Wildman–Crippen LogP) is 2.26. The van der Waals surface area contributed by atoms with E-state index < -0.39 is 0 Å². The van der Waals surface area contributed by atoms with Gasteiger partial charge in [0.05, 0.1) is 17.6 Å². The number of thiophene rings is 1. The zero-order chi connectivity index (χ0) is 13.2. The maximum Gasteiger partial charge on any atom is 0.282 e. The molecule has 5 heteroatoms. The molecular formula is C14H16N2O2S. The van der Waals surface area contributed by atoms with Gasteiger partial charge in [-0.15, -0.1) is 11.3 Å². The molecule has 0 saturated heterocycles. The average molecular weight is 276 g/mol. The second-order valence-corrected chi connectivity index (χ2v) is 7.08. The molecule has 0 N–H and O–H groups in total. The van der Waals surface area contributed by atoms with Crippen LogP contribution in [0.25, 0.3) is 10.2 Å². The fourth-order valence-corrected chi connectivity index (χ4v) is 4.63. The van der Waals surface area contributed by atoms with Crippen LogP contribution in [0.5, 0.6) is 0 Å². The second-order valence-electron chi connectivity index (χ2n) is 6.00. The molecule has 0 atom stereocenters. The molecule has 0 aromatic carbocycles. The van der Waals surface area contributed by atoms with Gasteiger partial charge in [-0.05, 0) is 20.3 Å². The summed E-state index contributed by atoms with van der Waals surface area (Å²) in [4.78, 5) is 18.9. The third-order valence-electron chi connectivity index (χ3n) is 4.05. The first-order valence-corrected chi connectivity index (χ1v) is 7.55. The Morgan fingerprint density at radius 1 is 1.42 bits per heavy atom. The Labute approximate surface area is 115 Å². The van der Waals surface area contributed by atoms with Crippen LogP contribution in [-0.4, -0.2) is 15.2 Å². The van der Waals surface area contributed by atoms with E-state index in [-0.39, 0.29) is 11.2 Å². The summed E-state index contributed by atoms with van der Waals surface area (Å²) in [6.07, 6.45) is 2.91. The molecule has 0 unspecified atom stereocenters. The number of ether oxygens (including phenoxy) is 1. The van der Waals surface area contributed by atoms with Gasteiger partial charge >= 0.3 is 0 Å². The van der Waals surface area contributed by atoms with E-state index in [4.69, 9.17) is 4.74 Å². The van der Waals surface area contributed by atoms with E-state index >= 15 is 0 Å². The van der Waals surface area contributed by atoms with Crippen molar-refractivity contribution in [2.45, 2.75) is 51.9 Å². The first kappa shape index (κ1) is 11.6. The van der Waals surface area contributed by atoms with Crippen LogP contribution in [-0.2, 0) is 30.7 Å². The zero-order valence-electron chi connectivity index (χ0n) is 11.2. The van der Waals surface area contributed by atoms with Crippen molar-refractivity contribution in [1.29, 1.82) is 0 Å². The Morgan fingerprint density at radius 3 is 3.11 bits per heavy atom. The van der Waals surface area contributed by atoms with Crippen molar-refractivity contribution in [1.82, 2.24) is 9.55 Å². The Kier molecular flexibility index (Phi) is 2.24. The summed E-state index contributed by atoms with van der Waals surface area (Å²) in [7, 11) is 0. The minimum absolute atomic E-state index is 0.0658. The molecular weight excluding hydrogens is 260 g/mol. The molecule has 4 nitrogen and oxygen atoms in total. The standard InChI is InChI=1S/C14H16N2O2S/c1-14(2)6-9-8(7-18-14)11-12(17)15-10-4-3-5-16(10)13(11)19-9/h3-7H2,1-2H3. The summed E-state index contributed by atoms with van der Waals surface area (Å²) < 4.78 is 8.09. The van der Waals surface area contributed by atoms with Gasteiger partial charge in [0.25, 0.3) is 5.56 Å². The quantitative estimate of drug-likeness (QED) is 0.741. The number of nitrogens with zero attached hydrogens (tertiary/aromatic N) is 2. The second kappa shape index (κ2) is 3.67. The van der Waals surface area contributed by atoms with Crippen molar-refractivity contribution < 1.29 is 4.74 Å². The van der Waals surface area contributed by atoms with Gasteiger partial charge in [0.1, 0.15) is 10.7 Å². The minimum Gasteiger partial charge on any atom is -0.370 e. The summed E-state index contributed by atoms with van der Waals surface area (Å²) in [5.74, 6) is 0.955. The van der Waals surface area contributed by atoms with E-state index in [0.29, 0.717) is 6.61 Å². The molecule has 0 fully saturated rings. The van der Waals surface area contributed by atoms with Crippen LogP contribution in [0.2, 0.25) is 0 Å². The van der Waals surface area contributed by atoms with Crippen molar-refractivity contribution in [2.24, 2.45) is 0 Å². The van der Waals surface area contributed by atoms with Crippen molar-refractivity contribution in [3.05, 3.63) is 26.6 Å². The minimum atomic E-state index is -0.127. The number of rotatable bonds is 0. The third-order valence-corrected chi connectivity index (χ3v) is 5.30. The molecule has 0 aliphatic carbocycles. The molecule has 0 amide bonds. The van der Waals surface area contributed by atoms with Crippen LogP contribution in [0.1, 0.15) is 36.5 Å². The fourth-order valence-electron chi connectivity index (χ4n) is 3.08. The van der Waals surface area contributed by atoms with Gasteiger partial charge in [0.2, 0.25) is 0 Å². The Hall–Kier alpha value is -1.20. The van der Waals surface area contributed by atoms with Gasteiger partial charge < -0.3 is 9.30 Å². The maximum atomic E-state index is 12.3. The van der Waals surface area contributed by atoms with Crippen molar-refractivity contribution in [3.63, 3.8) is 0 Å². The highest BCUT2D eigenvalue weighted by atomic mass is 32.1. The van der Waals surface area contributed by atoms with Crippen LogP contribution in [0.15, 0.2) is 4.79 Å². The highest BCUT2D eigenvalue weighted by Crippen LogP contribution is 2.38. The molecule has 0 spiro atoms. The first-order chi connectivity index (χ1) is 9.05. The summed E-state index contributed by atoms with van der Waals surface area (Å²) in [5.41, 5.74) is 0.890. The van der Waals surface area contributed by atoms with Crippen LogP contribution in [0.3, 0.4) is 0 Å². The predicted molar refractivity (Wildman–Crippen MR) is 74.8 cm³/mol. The fraction of sp³-hybridized carbons (Fsp3) is 0.571. The van der Waals surface area contributed by atoms with Crippen molar-refractivity contribution >= 4 is 21.6 Å². The monoisotopic (exact) mass is 276 g/mol. The molecule has 2 aliphatic heterocycles. The van der Waals surface area contributed by atoms with Crippen molar-refractivity contribution in [2.75, 3.05) is 0 Å². The topological polar surface area (TPSA) is 44.1 Å². The van der Waals surface area contributed by atoms with Gasteiger partial charge in [-0.3, -0.25) is 4.79 Å². The molecule has 19 heavy (non-hydrogen) atoms. The number of aromatic nitrogens is 2. The molecule has 100 valence electrons. The van der Waals surface area contributed by atoms with Crippen LogP contribution < -0.4 is 5.56 Å². The number of hydrogen-bond acceptors (Lipinski definition) is 4. The van der Waals surface area contributed by atoms with E-state index in [1.165, 1.54) is 4.88 Å². The van der Waals surface area contributed by atoms with Crippen LogP contribution >= 0.6 is 11.3 Å². The molecule has 0 radical (unpaired) electrons. The third kappa shape index (κ3) is 1.61. The van der Waals surface area contributed by atoms with Crippen LogP contribution in [0, 0.1) is 0 Å². The lowest BCUT2D eigenvalue weighted by Gasteiger charge is -2.29. The van der Waals surface area contributed by atoms with Gasteiger partial charge in [-0.25, -0.2) is 0 Å². The maximum absolute atomic E-state index is 12.3. The first-order valence-electron chi connectivity index (χ1n) is 6.73. The highest BCUT2D eigenvalue weighted by molar-refractivity contribution is 7.18. The van der Waals surface area contributed by atoms with E-state index in [2.05, 4.69) is 23.4 Å². The van der Waals surface area contributed by atoms with E-state index in [1.807, 2.05) is 0 Å². The van der Waals surface area contributed by atoms with E-state index in [0.717, 1.165) is 47.4 Å². The van der Waals surface area contributed by atoms with Crippen LogP contribution in [0.4, 0.5) is 0 Å². The van der Waals surface area contributed by atoms with E-state index in [9.17, 15) is 4.79 Å². The summed E-state index contributed by atoms with van der Waals surface area (Å²) in [5, 5.41) is 0.807. The molecule has 4 rings (SSSR count). The molecule has 0 saturated carbocycles. The zero-order valence-corrected chi connectivity index (χ0v) is 12.0. The van der Waals surface area contributed by atoms with Gasteiger partial charge in [-0.2, -0.15) is 4.98 Å². The largest absolute Gasteiger partial charge is 0.370 e. The Bertz CT molecular complexity index is 742. The summed E-state index contributed by atoms with van der Waals surface area (Å²) in [6.45, 7) is 5.74. The van der Waals surface area contributed by atoms with E-state index in [1.54, 1.807) is 11.3 Å². The normalized spacial score (nSPS) is 20.5. The number of aryl methyl sites for hydroxylation is 2. The highest BCUT2D eigenvalue weighted by Gasteiger charge is 2.31. The Morgan fingerprint density at radius 2 is 2.26 bits per heavy atom. The summed E-state index contributed by atoms with van der Waals surface area (Å²) >= 11 is 1.76. The average Bonchev–Trinajstić information content (AvgIpc) is 2.90. The number of fused-ring (bicyclic) bond motifs is 5. The smallest absolute Gasteiger partial charge is 0.282 e. The van der Waals surface area contributed by atoms with Gasteiger partial charge in [0.15, 0.2) is 0 Å². The molecule has 2 aliphatic rings. The van der Waals surface area contributed by atoms with Crippen molar-refractivity contribution in [3.8, 4) is 0 Å². The molecule has 2 aromatic heterocycles. The molecule has 2 aromatic rings. The Balaban J connectivity index is 2.04. The SMILES string of the molecule is CC1(C)Cc2sc3c(c2CO1)c(=O)nc1n3CCC1. The summed E-state index contributed by atoms with van der Waals surface area (Å²) in [6, 6.07) is 0. The lowest BCUT2D eigenvalue weighted by molar-refractivity contribution is -0.0382. The lowest BCUT2D eigenvalue weighted by Crippen LogP contribution is -2.31. The van der Waals surface area contributed by atoms with Gasteiger partial charge in [-0.1, -0.05) is 0 Å². The molecule has 4 heterocycles. The van der Waals surface area contributed by atoms with Gasteiger partial charge in [0, 0.05) is 29.8 Å². The lowest BCUT2D eigenvalue weighted by atomic mass is 9.98.